The van der Waals surface area contributed by atoms with Crippen molar-refractivity contribution < 1.29 is 9.72 Å². The molecule has 1 aromatic carbocycles. The lowest BCUT2D eigenvalue weighted by molar-refractivity contribution is -0.384. The standard InChI is InChI=1S/C17H18N4O3/c1-20(11-12-3-2-8-18-10-12)17(22)13-4-7-15(19-14-5-6-14)16(9-13)21(23)24/h2-4,7-10,14,19H,5-6,11H2,1H3. The number of amides is 1. The molecular weight excluding hydrogens is 308 g/mol. The van der Waals surface area contributed by atoms with Crippen molar-refractivity contribution in [1.29, 1.82) is 0 Å². The second-order valence-corrected chi connectivity index (χ2v) is 5.93. The van der Waals surface area contributed by atoms with Crippen LogP contribution in [0.2, 0.25) is 0 Å². The lowest BCUT2D eigenvalue weighted by atomic mass is 10.1. The molecule has 1 amide bonds. The molecule has 1 N–H and O–H groups in total. The number of benzene rings is 1. The van der Waals surface area contributed by atoms with Gasteiger partial charge in [-0.25, -0.2) is 0 Å². The predicted octanol–water partition coefficient (Wildman–Crippen LogP) is 2.84. The van der Waals surface area contributed by atoms with Crippen molar-refractivity contribution in [3.8, 4) is 0 Å². The number of carbonyl (C=O) groups excluding carboxylic acids is 1. The van der Waals surface area contributed by atoms with Crippen molar-refractivity contribution in [2.75, 3.05) is 12.4 Å². The van der Waals surface area contributed by atoms with Crippen molar-refractivity contribution in [3.05, 3.63) is 64.0 Å². The Morgan fingerprint density at radius 2 is 2.21 bits per heavy atom. The van der Waals surface area contributed by atoms with Gasteiger partial charge in [-0.3, -0.25) is 19.9 Å². The summed E-state index contributed by atoms with van der Waals surface area (Å²) in [5.74, 6) is -0.264. The van der Waals surface area contributed by atoms with Crippen LogP contribution in [0.25, 0.3) is 0 Å². The van der Waals surface area contributed by atoms with Crippen molar-refractivity contribution in [1.82, 2.24) is 9.88 Å². The molecule has 1 fully saturated rings. The molecule has 124 valence electrons. The molecule has 1 heterocycles. The maximum Gasteiger partial charge on any atom is 0.293 e. The van der Waals surface area contributed by atoms with Crippen molar-refractivity contribution >= 4 is 17.3 Å². The highest BCUT2D eigenvalue weighted by Crippen LogP contribution is 2.31. The van der Waals surface area contributed by atoms with Gasteiger partial charge < -0.3 is 10.2 Å². The number of anilines is 1. The SMILES string of the molecule is CN(Cc1cccnc1)C(=O)c1ccc(NC2CC2)c([N+](=O)[O-])c1. The zero-order valence-corrected chi connectivity index (χ0v) is 13.3. The molecular formula is C17H18N4O3. The van der Waals surface area contributed by atoms with Crippen molar-refractivity contribution in [3.63, 3.8) is 0 Å². The van der Waals surface area contributed by atoms with Gasteiger partial charge in [-0.1, -0.05) is 6.07 Å². The van der Waals surface area contributed by atoms with Gasteiger partial charge in [0.05, 0.1) is 4.92 Å². The smallest absolute Gasteiger partial charge is 0.293 e. The first-order valence-electron chi connectivity index (χ1n) is 7.74. The molecule has 0 saturated heterocycles. The Bertz CT molecular complexity index is 760. The van der Waals surface area contributed by atoms with E-state index in [0.29, 0.717) is 23.8 Å². The highest BCUT2D eigenvalue weighted by atomic mass is 16.6. The highest BCUT2D eigenvalue weighted by molar-refractivity contribution is 5.95. The zero-order valence-electron chi connectivity index (χ0n) is 13.3. The third kappa shape index (κ3) is 3.68. The van der Waals surface area contributed by atoms with E-state index in [2.05, 4.69) is 10.3 Å². The average Bonchev–Trinajstić information content (AvgIpc) is 3.39. The third-order valence-electron chi connectivity index (χ3n) is 3.87. The maximum atomic E-state index is 12.5. The molecule has 0 unspecified atom stereocenters. The summed E-state index contributed by atoms with van der Waals surface area (Å²) in [6.07, 6.45) is 5.40. The fourth-order valence-corrected chi connectivity index (χ4v) is 2.44. The van der Waals surface area contributed by atoms with Crippen LogP contribution in [0.3, 0.4) is 0 Å². The highest BCUT2D eigenvalue weighted by Gasteiger charge is 2.26. The predicted molar refractivity (Wildman–Crippen MR) is 89.8 cm³/mol. The van der Waals surface area contributed by atoms with Gasteiger partial charge in [-0.2, -0.15) is 0 Å². The second kappa shape index (κ2) is 6.66. The van der Waals surface area contributed by atoms with Gasteiger partial charge in [0.15, 0.2) is 0 Å². The Hall–Kier alpha value is -2.96. The Kier molecular flexibility index (Phi) is 4.41. The molecule has 1 aliphatic rings. The monoisotopic (exact) mass is 326 g/mol. The summed E-state index contributed by atoms with van der Waals surface area (Å²) in [5, 5.41) is 14.4. The Morgan fingerprint density at radius 3 is 2.83 bits per heavy atom. The quantitative estimate of drug-likeness (QED) is 0.651. The fraction of sp³-hybridized carbons (Fsp3) is 0.294. The number of pyridine rings is 1. The molecule has 1 saturated carbocycles. The maximum absolute atomic E-state index is 12.5. The number of nitrogens with one attached hydrogen (secondary N) is 1. The van der Waals surface area contributed by atoms with Crippen LogP contribution in [-0.2, 0) is 6.54 Å². The summed E-state index contributed by atoms with van der Waals surface area (Å²) in [4.78, 5) is 28.9. The zero-order chi connectivity index (χ0) is 17.1. The van der Waals surface area contributed by atoms with Crippen LogP contribution in [0.5, 0.6) is 0 Å². The van der Waals surface area contributed by atoms with E-state index in [-0.39, 0.29) is 11.6 Å². The Balaban J connectivity index is 1.78. The van der Waals surface area contributed by atoms with E-state index in [0.717, 1.165) is 18.4 Å². The first-order valence-corrected chi connectivity index (χ1v) is 7.74. The third-order valence-corrected chi connectivity index (χ3v) is 3.87. The van der Waals surface area contributed by atoms with Gasteiger partial charge in [0, 0.05) is 43.7 Å². The first kappa shape index (κ1) is 15.9. The summed E-state index contributed by atoms with van der Waals surface area (Å²) in [7, 11) is 1.66. The lowest BCUT2D eigenvalue weighted by Crippen LogP contribution is -2.26. The van der Waals surface area contributed by atoms with Crippen LogP contribution in [0.1, 0.15) is 28.8 Å². The number of hydrogen-bond acceptors (Lipinski definition) is 5. The van der Waals surface area contributed by atoms with Crippen LogP contribution in [0.15, 0.2) is 42.7 Å². The largest absolute Gasteiger partial charge is 0.377 e. The molecule has 24 heavy (non-hydrogen) atoms. The Morgan fingerprint density at radius 1 is 1.42 bits per heavy atom. The molecule has 0 atom stereocenters. The minimum Gasteiger partial charge on any atom is -0.377 e. The minimum absolute atomic E-state index is 0.0671. The number of carbonyl (C=O) groups is 1. The lowest BCUT2D eigenvalue weighted by Gasteiger charge is -2.17. The van der Waals surface area contributed by atoms with Crippen LogP contribution in [0, 0.1) is 10.1 Å². The van der Waals surface area contributed by atoms with Crippen LogP contribution in [0.4, 0.5) is 11.4 Å². The van der Waals surface area contributed by atoms with E-state index in [1.165, 1.54) is 11.0 Å². The Labute approximate surface area is 139 Å². The van der Waals surface area contributed by atoms with Crippen LogP contribution < -0.4 is 5.32 Å². The molecule has 7 nitrogen and oxygen atoms in total. The van der Waals surface area contributed by atoms with Gasteiger partial charge in [-0.05, 0) is 36.6 Å². The first-order chi connectivity index (χ1) is 11.5. The summed E-state index contributed by atoms with van der Waals surface area (Å²) in [5.41, 5.74) is 1.60. The van der Waals surface area contributed by atoms with Crippen LogP contribution in [-0.4, -0.2) is 33.8 Å². The minimum atomic E-state index is -0.456. The molecule has 0 spiro atoms. The molecule has 0 aliphatic heterocycles. The molecule has 1 aliphatic carbocycles. The summed E-state index contributed by atoms with van der Waals surface area (Å²) >= 11 is 0. The summed E-state index contributed by atoms with van der Waals surface area (Å²) in [6.45, 7) is 0.391. The van der Waals surface area contributed by atoms with E-state index in [4.69, 9.17) is 0 Å². The molecule has 1 aromatic heterocycles. The molecule has 0 bridgehead atoms. The molecule has 7 heteroatoms. The van der Waals surface area contributed by atoms with E-state index < -0.39 is 4.92 Å². The summed E-state index contributed by atoms with van der Waals surface area (Å²) < 4.78 is 0. The van der Waals surface area contributed by atoms with E-state index in [1.54, 1.807) is 37.6 Å². The van der Waals surface area contributed by atoms with Crippen molar-refractivity contribution in [2.24, 2.45) is 0 Å². The summed E-state index contributed by atoms with van der Waals surface area (Å²) in [6, 6.07) is 8.56. The number of nitrogens with zero attached hydrogens (tertiary/aromatic N) is 3. The fourth-order valence-electron chi connectivity index (χ4n) is 2.44. The number of aromatic nitrogens is 1. The van der Waals surface area contributed by atoms with Gasteiger partial charge >= 0.3 is 0 Å². The van der Waals surface area contributed by atoms with E-state index in [9.17, 15) is 14.9 Å². The van der Waals surface area contributed by atoms with Crippen LogP contribution >= 0.6 is 0 Å². The number of nitro benzene ring substituents is 1. The number of hydrogen-bond donors (Lipinski definition) is 1. The number of rotatable bonds is 6. The van der Waals surface area contributed by atoms with Crippen molar-refractivity contribution in [2.45, 2.75) is 25.4 Å². The number of nitro groups is 1. The molecule has 0 radical (unpaired) electrons. The topological polar surface area (TPSA) is 88.4 Å². The van der Waals surface area contributed by atoms with Gasteiger partial charge in [0.2, 0.25) is 0 Å². The normalized spacial score (nSPS) is 13.4. The van der Waals surface area contributed by atoms with E-state index >= 15 is 0 Å². The second-order valence-electron chi connectivity index (χ2n) is 5.93. The van der Waals surface area contributed by atoms with Gasteiger partial charge in [0.25, 0.3) is 11.6 Å². The molecule has 2 aromatic rings. The van der Waals surface area contributed by atoms with Gasteiger partial charge in [-0.15, -0.1) is 0 Å². The average molecular weight is 326 g/mol. The van der Waals surface area contributed by atoms with E-state index in [1.807, 2.05) is 6.07 Å². The van der Waals surface area contributed by atoms with Gasteiger partial charge in [0.1, 0.15) is 5.69 Å². The molecule has 3 rings (SSSR count).